The zero-order chi connectivity index (χ0) is 9.78. The highest BCUT2D eigenvalue weighted by Crippen LogP contribution is 2.41. The summed E-state index contributed by atoms with van der Waals surface area (Å²) in [4.78, 5) is 18.8. The SMILES string of the molecule is CSS[C@H](OP(=O)([O-])O)C(C)C. The Labute approximate surface area is 80.1 Å². The Kier molecular flexibility index (Phi) is 5.89. The number of hydrogen-bond donors (Lipinski definition) is 1. The highest BCUT2D eigenvalue weighted by molar-refractivity contribution is 8.76. The van der Waals surface area contributed by atoms with Gasteiger partial charge in [0.2, 0.25) is 0 Å². The van der Waals surface area contributed by atoms with Gasteiger partial charge in [0.15, 0.2) is 0 Å². The van der Waals surface area contributed by atoms with Gasteiger partial charge in [0.25, 0.3) is 7.82 Å². The highest BCUT2D eigenvalue weighted by Gasteiger charge is 2.18. The molecule has 0 radical (unpaired) electrons. The molecule has 0 bridgehead atoms. The van der Waals surface area contributed by atoms with E-state index in [-0.39, 0.29) is 5.92 Å². The second-order valence-corrected chi connectivity index (χ2v) is 6.16. The van der Waals surface area contributed by atoms with Crippen LogP contribution in [0, 0.1) is 5.92 Å². The van der Waals surface area contributed by atoms with Crippen molar-refractivity contribution < 1.29 is 18.9 Å². The molecule has 7 heteroatoms. The number of rotatable bonds is 5. The van der Waals surface area contributed by atoms with Crippen LogP contribution in [0.4, 0.5) is 0 Å². The summed E-state index contributed by atoms with van der Waals surface area (Å²) in [5.74, 6) is 0.0388. The highest BCUT2D eigenvalue weighted by atomic mass is 33.1. The largest absolute Gasteiger partial charge is 0.756 e. The Hall–Kier alpha value is 0.810. The van der Waals surface area contributed by atoms with Crippen LogP contribution < -0.4 is 4.89 Å². The quantitative estimate of drug-likeness (QED) is 0.439. The van der Waals surface area contributed by atoms with E-state index in [1.807, 2.05) is 20.1 Å². The molecule has 2 atom stereocenters. The van der Waals surface area contributed by atoms with E-state index in [9.17, 15) is 9.46 Å². The van der Waals surface area contributed by atoms with Crippen LogP contribution in [0.25, 0.3) is 0 Å². The van der Waals surface area contributed by atoms with Crippen molar-refractivity contribution in [3.63, 3.8) is 0 Å². The van der Waals surface area contributed by atoms with Gasteiger partial charge in [0.05, 0.1) is 0 Å². The molecule has 0 saturated heterocycles. The Balaban J connectivity index is 4.05. The Morgan fingerprint density at radius 3 is 2.33 bits per heavy atom. The van der Waals surface area contributed by atoms with Crippen LogP contribution in [0.2, 0.25) is 0 Å². The molecule has 0 aromatic rings. The minimum Gasteiger partial charge on any atom is -0.756 e. The molecule has 0 heterocycles. The predicted octanol–water partition coefficient (Wildman–Crippen LogP) is 1.46. The number of phosphoric acid groups is 1. The summed E-state index contributed by atoms with van der Waals surface area (Å²) >= 11 is 0. The Bertz CT molecular complexity index is 169. The van der Waals surface area contributed by atoms with Gasteiger partial charge >= 0.3 is 0 Å². The molecule has 0 amide bonds. The third-order valence-corrected chi connectivity index (χ3v) is 3.78. The maximum absolute atomic E-state index is 10.4. The molecule has 1 N–H and O–H groups in total. The van der Waals surface area contributed by atoms with Gasteiger partial charge in [0.1, 0.15) is 5.44 Å². The van der Waals surface area contributed by atoms with E-state index in [1.54, 1.807) is 0 Å². The van der Waals surface area contributed by atoms with E-state index in [1.165, 1.54) is 21.6 Å². The fraction of sp³-hybridized carbons (Fsp3) is 1.00. The molecule has 0 aromatic heterocycles. The molecule has 0 fully saturated rings. The van der Waals surface area contributed by atoms with Gasteiger partial charge < -0.3 is 14.3 Å². The average molecular weight is 231 g/mol. The monoisotopic (exact) mass is 231 g/mol. The molecule has 0 saturated carbocycles. The smallest absolute Gasteiger partial charge is 0.266 e. The van der Waals surface area contributed by atoms with Gasteiger partial charge in [-0.25, -0.2) is 0 Å². The van der Waals surface area contributed by atoms with Crippen LogP contribution in [-0.2, 0) is 9.09 Å². The van der Waals surface area contributed by atoms with Crippen LogP contribution in [0.15, 0.2) is 0 Å². The summed E-state index contributed by atoms with van der Waals surface area (Å²) in [6, 6.07) is 0. The lowest BCUT2D eigenvalue weighted by molar-refractivity contribution is -0.221. The molecule has 1 unspecified atom stereocenters. The molecular weight excluding hydrogens is 219 g/mol. The fourth-order valence-electron chi connectivity index (χ4n) is 0.477. The first-order chi connectivity index (χ1) is 5.37. The van der Waals surface area contributed by atoms with Gasteiger partial charge in [-0.05, 0) is 12.2 Å². The van der Waals surface area contributed by atoms with Crippen molar-refractivity contribution in [3.05, 3.63) is 0 Å². The second kappa shape index (κ2) is 5.52. The third kappa shape index (κ3) is 6.34. The van der Waals surface area contributed by atoms with Gasteiger partial charge in [-0.15, -0.1) is 0 Å². The molecule has 0 rings (SSSR count). The van der Waals surface area contributed by atoms with Crippen molar-refractivity contribution in [1.29, 1.82) is 0 Å². The predicted molar refractivity (Wildman–Crippen MR) is 50.6 cm³/mol. The maximum Gasteiger partial charge on any atom is 0.266 e. The topological polar surface area (TPSA) is 69.6 Å². The summed E-state index contributed by atoms with van der Waals surface area (Å²) in [5.41, 5.74) is -0.520. The van der Waals surface area contributed by atoms with Crippen molar-refractivity contribution in [2.45, 2.75) is 19.3 Å². The molecule has 74 valence electrons. The summed E-state index contributed by atoms with van der Waals surface area (Å²) in [7, 11) is -1.92. The minimum atomic E-state index is -4.59. The summed E-state index contributed by atoms with van der Waals surface area (Å²) in [6.07, 6.45) is 1.82. The molecule has 0 aliphatic rings. The van der Waals surface area contributed by atoms with Crippen molar-refractivity contribution in [2.75, 3.05) is 6.26 Å². The summed E-state index contributed by atoms with van der Waals surface area (Å²) < 4.78 is 14.8. The van der Waals surface area contributed by atoms with Crippen molar-refractivity contribution >= 4 is 29.4 Å². The molecule has 0 aliphatic carbocycles. The molecule has 4 nitrogen and oxygen atoms in total. The second-order valence-electron chi connectivity index (χ2n) is 2.45. The molecule has 0 spiro atoms. The normalized spacial score (nSPS) is 19.2. The van der Waals surface area contributed by atoms with Crippen molar-refractivity contribution in [2.24, 2.45) is 5.92 Å². The van der Waals surface area contributed by atoms with Gasteiger partial charge in [-0.2, -0.15) is 0 Å². The molecule has 12 heavy (non-hydrogen) atoms. The Morgan fingerprint density at radius 2 is 2.08 bits per heavy atom. The van der Waals surface area contributed by atoms with E-state index in [0.717, 1.165) is 0 Å². The maximum atomic E-state index is 10.4. The van der Waals surface area contributed by atoms with Crippen LogP contribution in [0.1, 0.15) is 13.8 Å². The first-order valence-electron chi connectivity index (χ1n) is 3.28. The van der Waals surface area contributed by atoms with E-state index in [0.29, 0.717) is 0 Å². The lowest BCUT2D eigenvalue weighted by atomic mass is 10.2. The first-order valence-corrected chi connectivity index (χ1v) is 7.40. The lowest BCUT2D eigenvalue weighted by Crippen LogP contribution is -2.17. The molecule has 0 aromatic carbocycles. The fourth-order valence-corrected chi connectivity index (χ4v) is 3.41. The first kappa shape index (κ1) is 12.8. The van der Waals surface area contributed by atoms with E-state index in [4.69, 9.17) is 4.89 Å². The van der Waals surface area contributed by atoms with Crippen LogP contribution in [0.5, 0.6) is 0 Å². The van der Waals surface area contributed by atoms with E-state index < -0.39 is 13.3 Å². The van der Waals surface area contributed by atoms with Crippen molar-refractivity contribution in [1.82, 2.24) is 0 Å². The standard InChI is InChI=1S/C5H13O4PS2/c1-4(2)5(12-11-3)9-10(6,7)8/h4-5H,1-3H3,(H2,6,7,8)/p-1/t5-/m0/s1. The van der Waals surface area contributed by atoms with E-state index in [2.05, 4.69) is 4.52 Å². The Morgan fingerprint density at radius 1 is 1.58 bits per heavy atom. The lowest BCUT2D eigenvalue weighted by Gasteiger charge is -2.25. The van der Waals surface area contributed by atoms with Crippen molar-refractivity contribution in [3.8, 4) is 0 Å². The minimum absolute atomic E-state index is 0.0388. The third-order valence-electron chi connectivity index (χ3n) is 0.972. The number of phosphoric ester groups is 1. The summed E-state index contributed by atoms with van der Waals surface area (Å²) in [5, 5.41) is 0. The zero-order valence-electron chi connectivity index (χ0n) is 7.09. The number of hydrogen-bond acceptors (Lipinski definition) is 5. The van der Waals surface area contributed by atoms with E-state index >= 15 is 0 Å². The van der Waals surface area contributed by atoms with Gasteiger partial charge in [-0.1, -0.05) is 35.4 Å². The van der Waals surface area contributed by atoms with Crippen LogP contribution in [-0.4, -0.2) is 16.6 Å². The van der Waals surface area contributed by atoms with Crippen LogP contribution >= 0.6 is 29.4 Å². The van der Waals surface area contributed by atoms with Gasteiger partial charge in [-0.3, -0.25) is 4.57 Å². The zero-order valence-corrected chi connectivity index (χ0v) is 9.62. The molecular formula is C5H12O4PS2-. The van der Waals surface area contributed by atoms with Gasteiger partial charge in [0, 0.05) is 0 Å². The molecule has 0 aliphatic heterocycles. The van der Waals surface area contributed by atoms with Crippen LogP contribution in [0.3, 0.4) is 0 Å². The average Bonchev–Trinajstić information content (AvgIpc) is 1.83. The summed E-state index contributed by atoms with van der Waals surface area (Å²) in [6.45, 7) is 3.65.